The summed E-state index contributed by atoms with van der Waals surface area (Å²) in [5.74, 6) is -8.00. The highest BCUT2D eigenvalue weighted by Crippen LogP contribution is 2.29. The molecule has 2 heterocycles. The number of rotatable bonds is 43. The fraction of sp³-hybridized carbons (Fsp3) is 0.660. The molecule has 4 aromatic rings. The van der Waals surface area contributed by atoms with Gasteiger partial charge in [-0.3, -0.25) is 4.79 Å². The van der Waals surface area contributed by atoms with Gasteiger partial charge in [0.1, 0.15) is 29.2 Å². The Morgan fingerprint density at radius 1 is 0.577 bits per heavy atom. The highest BCUT2D eigenvalue weighted by Gasteiger charge is 2.23. The maximum atomic E-state index is 13.6. The third-order valence-corrected chi connectivity index (χ3v) is 11.0. The van der Waals surface area contributed by atoms with Gasteiger partial charge >= 0.3 is 5.97 Å². The Bertz CT molecular complexity index is 2080. The number of H-pyrrole nitrogens is 1. The van der Waals surface area contributed by atoms with Crippen molar-refractivity contribution < 1.29 is 78.9 Å². The number of carbonyl (C=O) groups excluding carboxylic acids is 1. The van der Waals surface area contributed by atoms with E-state index in [4.69, 9.17) is 58.1 Å². The van der Waals surface area contributed by atoms with Crippen molar-refractivity contribution in [3.63, 3.8) is 0 Å². The first-order valence-corrected chi connectivity index (χ1v) is 24.7. The van der Waals surface area contributed by atoms with E-state index >= 15 is 0 Å². The molecule has 0 spiro atoms. The van der Waals surface area contributed by atoms with Crippen LogP contribution in [0.25, 0.3) is 21.9 Å². The SMILES string of the molecule is CCCCc1nc2c([nH]1)c(N)nc1cc(CCCCC[N+](C)(C)CCOCCOCCOCCOCCOCCOCCOCCOCCOCCOCCC(=O)Oc3c(F)c(F)cc(F)c3F)ccc12. The Balaban J connectivity index is 0.813. The number of aromatic amines is 1. The number of aryl methyl sites for hydroxylation is 2. The van der Waals surface area contributed by atoms with Crippen LogP contribution < -0.4 is 10.5 Å². The van der Waals surface area contributed by atoms with Gasteiger partial charge in [0.2, 0.25) is 17.4 Å². The zero-order chi connectivity index (χ0) is 50.9. The third kappa shape index (κ3) is 24.0. The quantitative estimate of drug-likeness (QED) is 0.0121. The lowest BCUT2D eigenvalue weighted by Gasteiger charge is -2.29. The number of fused-ring (bicyclic) bond motifs is 3. The van der Waals surface area contributed by atoms with Crippen LogP contribution in [0.15, 0.2) is 24.3 Å². The van der Waals surface area contributed by atoms with Gasteiger partial charge in [0, 0.05) is 17.9 Å². The molecule has 71 heavy (non-hydrogen) atoms. The first-order chi connectivity index (χ1) is 34.5. The molecular weight excluding hydrogens is 939 g/mol. The summed E-state index contributed by atoms with van der Waals surface area (Å²) < 4.78 is 114. The standard InChI is InChI=1S/C50H76F4N5O12/c1-4-5-10-43-57-47-39-12-11-38(36-42(39)56-50(55)48(47)58-43)9-7-6-8-14-59(2,3)15-17-62-19-21-64-23-25-66-27-29-68-31-33-70-35-34-69-32-30-67-28-26-65-24-22-63-20-18-61-16-13-44(60)71-49-45(53)40(51)37-41(52)46(49)54/h11-12,36-37H,4-10,13-35H2,1-3H3,(H2,55,56)(H,57,58)/q+1. The number of esters is 1. The third-order valence-electron chi connectivity index (χ3n) is 11.0. The lowest BCUT2D eigenvalue weighted by molar-refractivity contribution is -0.891. The van der Waals surface area contributed by atoms with Gasteiger partial charge < -0.3 is 67.3 Å². The lowest BCUT2D eigenvalue weighted by Crippen LogP contribution is -2.43. The molecule has 0 saturated heterocycles. The minimum atomic E-state index is -1.79. The molecule has 2 aromatic heterocycles. The average Bonchev–Trinajstić information content (AvgIpc) is 3.79. The normalized spacial score (nSPS) is 12.0. The number of carbonyl (C=O) groups is 1. The van der Waals surface area contributed by atoms with Crippen molar-refractivity contribution in [2.45, 2.75) is 58.3 Å². The number of aromatic nitrogens is 3. The summed E-state index contributed by atoms with van der Waals surface area (Å²) in [6.07, 6.45) is 7.20. The second-order valence-corrected chi connectivity index (χ2v) is 17.2. The van der Waals surface area contributed by atoms with Gasteiger partial charge in [0.25, 0.3) is 0 Å². The number of hydrogen-bond donors (Lipinski definition) is 2. The van der Waals surface area contributed by atoms with E-state index < -0.39 is 41.4 Å². The number of unbranched alkanes of at least 4 members (excludes halogenated alkanes) is 3. The fourth-order valence-corrected chi connectivity index (χ4v) is 6.99. The number of nitrogens with one attached hydrogen (secondary N) is 1. The fourth-order valence-electron chi connectivity index (χ4n) is 6.99. The van der Waals surface area contributed by atoms with E-state index in [9.17, 15) is 22.4 Å². The van der Waals surface area contributed by atoms with Crippen LogP contribution in [0.1, 0.15) is 56.8 Å². The molecule has 2 aromatic carbocycles. The van der Waals surface area contributed by atoms with E-state index in [1.165, 1.54) is 12.0 Å². The highest BCUT2D eigenvalue weighted by atomic mass is 19.2. The number of anilines is 1. The van der Waals surface area contributed by atoms with Crippen LogP contribution in [0.5, 0.6) is 5.75 Å². The lowest BCUT2D eigenvalue weighted by atomic mass is 10.0. The maximum Gasteiger partial charge on any atom is 0.313 e. The molecule has 21 heteroatoms. The van der Waals surface area contributed by atoms with Crippen LogP contribution in [0, 0.1) is 23.3 Å². The first kappa shape index (κ1) is 59.4. The van der Waals surface area contributed by atoms with Crippen LogP contribution in [0.2, 0.25) is 0 Å². The van der Waals surface area contributed by atoms with Gasteiger partial charge in [-0.2, -0.15) is 8.78 Å². The summed E-state index contributed by atoms with van der Waals surface area (Å²) in [5.41, 5.74) is 10.3. The molecule has 0 bridgehead atoms. The smallest absolute Gasteiger partial charge is 0.313 e. The van der Waals surface area contributed by atoms with Crippen LogP contribution in [0.4, 0.5) is 23.4 Å². The Morgan fingerprint density at radius 3 is 1.55 bits per heavy atom. The molecule has 0 unspecified atom stereocenters. The summed E-state index contributed by atoms with van der Waals surface area (Å²) in [6.45, 7) is 12.2. The van der Waals surface area contributed by atoms with Gasteiger partial charge in [-0.1, -0.05) is 25.5 Å². The van der Waals surface area contributed by atoms with Crippen LogP contribution in [-0.2, 0) is 65.0 Å². The molecule has 3 N–H and O–H groups in total. The number of likely N-dealkylation sites (N-methyl/N-ethyl adjacent to an activating group) is 1. The number of quaternary nitrogens is 1. The number of hydrogen-bond acceptors (Lipinski definition) is 15. The number of nitrogens with zero attached hydrogens (tertiary/aromatic N) is 3. The number of ether oxygens (including phenoxy) is 11. The van der Waals surface area contributed by atoms with E-state index in [2.05, 4.69) is 53.9 Å². The summed E-state index contributed by atoms with van der Waals surface area (Å²) in [5, 5.41) is 1.05. The van der Waals surface area contributed by atoms with Crippen molar-refractivity contribution in [3.05, 3.63) is 58.9 Å². The number of nitrogen functional groups attached to an aromatic ring is 1. The van der Waals surface area contributed by atoms with Gasteiger partial charge in [0.15, 0.2) is 11.6 Å². The van der Waals surface area contributed by atoms with Crippen molar-refractivity contribution >= 4 is 33.7 Å². The molecular formula is C50H76F4N5O12+. The van der Waals surface area contributed by atoms with Gasteiger partial charge in [-0.05, 0) is 43.7 Å². The van der Waals surface area contributed by atoms with Crippen molar-refractivity contribution in [3.8, 4) is 5.75 Å². The summed E-state index contributed by atoms with van der Waals surface area (Å²) >= 11 is 0. The van der Waals surface area contributed by atoms with Crippen molar-refractivity contribution in [1.82, 2.24) is 15.0 Å². The molecule has 0 amide bonds. The molecule has 17 nitrogen and oxygen atoms in total. The summed E-state index contributed by atoms with van der Waals surface area (Å²) in [7, 11) is 4.51. The van der Waals surface area contributed by atoms with E-state index in [0.29, 0.717) is 118 Å². The topological polar surface area (TPSA) is 186 Å². The number of pyridine rings is 1. The minimum Gasteiger partial charge on any atom is -0.420 e. The zero-order valence-corrected chi connectivity index (χ0v) is 41.9. The Kier molecular flexibility index (Phi) is 29.4. The Labute approximate surface area is 414 Å². The molecule has 4 rings (SSSR count). The van der Waals surface area contributed by atoms with Gasteiger partial charge in [-0.25, -0.2) is 18.7 Å². The monoisotopic (exact) mass is 1010 g/mol. The van der Waals surface area contributed by atoms with Crippen LogP contribution in [-0.4, -0.2) is 185 Å². The second-order valence-electron chi connectivity index (χ2n) is 17.2. The molecule has 0 atom stereocenters. The van der Waals surface area contributed by atoms with Crippen molar-refractivity contribution in [1.29, 1.82) is 0 Å². The molecule has 0 saturated carbocycles. The van der Waals surface area contributed by atoms with Crippen LogP contribution >= 0.6 is 0 Å². The number of halogens is 4. The van der Waals surface area contributed by atoms with E-state index in [1.807, 2.05) is 0 Å². The Morgan fingerprint density at radius 2 is 1.06 bits per heavy atom. The molecule has 0 radical (unpaired) electrons. The predicted octanol–water partition coefficient (Wildman–Crippen LogP) is 6.54. The maximum absolute atomic E-state index is 13.6. The zero-order valence-electron chi connectivity index (χ0n) is 41.9. The van der Waals surface area contributed by atoms with Crippen LogP contribution in [0.3, 0.4) is 0 Å². The van der Waals surface area contributed by atoms with E-state index in [1.54, 1.807) is 0 Å². The molecule has 0 fully saturated rings. The second kappa shape index (κ2) is 35.1. The molecule has 400 valence electrons. The number of imidazole rings is 1. The van der Waals surface area contributed by atoms with Crippen molar-refractivity contribution in [2.75, 3.05) is 165 Å². The molecule has 0 aliphatic carbocycles. The predicted molar refractivity (Wildman–Crippen MR) is 259 cm³/mol. The van der Waals surface area contributed by atoms with Gasteiger partial charge in [-0.15, -0.1) is 0 Å². The number of benzene rings is 2. The van der Waals surface area contributed by atoms with Gasteiger partial charge in [0.05, 0.1) is 165 Å². The first-order valence-electron chi connectivity index (χ1n) is 24.7. The average molecular weight is 1020 g/mol. The summed E-state index contributed by atoms with van der Waals surface area (Å²) in [6, 6.07) is 6.53. The van der Waals surface area contributed by atoms with Crippen molar-refractivity contribution in [2.24, 2.45) is 0 Å². The largest absolute Gasteiger partial charge is 0.420 e. The summed E-state index contributed by atoms with van der Waals surface area (Å²) in [4.78, 5) is 24.6. The minimum absolute atomic E-state index is 0.0207. The van der Waals surface area contributed by atoms with E-state index in [0.717, 1.165) is 83.9 Å². The number of nitrogens with two attached hydrogens (primary N) is 1. The van der Waals surface area contributed by atoms with E-state index in [-0.39, 0.29) is 25.9 Å². The molecule has 0 aliphatic heterocycles. The molecule has 0 aliphatic rings. The highest BCUT2D eigenvalue weighted by molar-refractivity contribution is 6.06. The Hall–Kier alpha value is -4.13.